The van der Waals surface area contributed by atoms with Crippen molar-refractivity contribution in [1.29, 1.82) is 0 Å². The molecule has 0 unspecified atom stereocenters. The van der Waals surface area contributed by atoms with Crippen LogP contribution in [0.15, 0.2) is 48.5 Å². The molecule has 0 bridgehead atoms. The molecule has 33 heavy (non-hydrogen) atoms. The summed E-state index contributed by atoms with van der Waals surface area (Å²) in [5.74, 6) is -0.0563. The number of benzene rings is 2. The van der Waals surface area contributed by atoms with Gasteiger partial charge in [-0.15, -0.1) is 0 Å². The van der Waals surface area contributed by atoms with E-state index in [1.807, 2.05) is 0 Å². The van der Waals surface area contributed by atoms with Gasteiger partial charge in [-0.1, -0.05) is 0 Å². The quantitative estimate of drug-likeness (QED) is 0.583. The van der Waals surface area contributed by atoms with Crippen LogP contribution in [0, 0.1) is 0 Å². The summed E-state index contributed by atoms with van der Waals surface area (Å²) in [5, 5.41) is 2.70. The van der Waals surface area contributed by atoms with Crippen LogP contribution >= 0.6 is 0 Å². The molecule has 0 saturated carbocycles. The van der Waals surface area contributed by atoms with Gasteiger partial charge < -0.3 is 19.5 Å². The molecule has 1 heterocycles. The van der Waals surface area contributed by atoms with Crippen molar-refractivity contribution < 1.29 is 32.2 Å². The molecule has 1 aliphatic heterocycles. The third-order valence-electron chi connectivity index (χ3n) is 5.49. The Labute approximate surface area is 193 Å². The van der Waals surface area contributed by atoms with Crippen LogP contribution in [-0.4, -0.2) is 51.9 Å². The van der Waals surface area contributed by atoms with Crippen molar-refractivity contribution >= 4 is 33.3 Å². The lowest BCUT2D eigenvalue weighted by molar-refractivity contribution is -0.145. The van der Waals surface area contributed by atoms with E-state index >= 15 is 0 Å². The third kappa shape index (κ3) is 5.22. The van der Waals surface area contributed by atoms with Crippen molar-refractivity contribution in [2.45, 2.75) is 31.4 Å². The van der Waals surface area contributed by atoms with Gasteiger partial charge in [-0.3, -0.25) is 9.10 Å². The minimum Gasteiger partial charge on any atom is -0.497 e. The molecule has 0 radical (unpaired) electrons. The van der Waals surface area contributed by atoms with E-state index in [0.29, 0.717) is 35.8 Å². The molecule has 1 aliphatic rings. The Morgan fingerprint density at radius 2 is 1.70 bits per heavy atom. The molecule has 0 spiro atoms. The molecule has 2 aromatic rings. The first kappa shape index (κ1) is 24.4. The molecule has 10 heteroatoms. The fourth-order valence-corrected chi connectivity index (χ4v) is 5.48. The smallest absolute Gasteiger partial charge is 0.344 e. The van der Waals surface area contributed by atoms with E-state index in [2.05, 4.69) is 5.32 Å². The predicted octanol–water partition coefficient (Wildman–Crippen LogP) is 2.96. The Kier molecular flexibility index (Phi) is 7.47. The summed E-state index contributed by atoms with van der Waals surface area (Å²) in [6.07, 6.45) is 0.740. The van der Waals surface area contributed by atoms with Crippen molar-refractivity contribution in [3.05, 3.63) is 48.5 Å². The van der Waals surface area contributed by atoms with Crippen molar-refractivity contribution in [2.24, 2.45) is 0 Å². The summed E-state index contributed by atoms with van der Waals surface area (Å²) in [5.41, 5.74) is 0.902. The van der Waals surface area contributed by atoms with Crippen molar-refractivity contribution in [1.82, 2.24) is 0 Å². The third-order valence-corrected chi connectivity index (χ3v) is 7.99. The predicted molar refractivity (Wildman–Crippen MR) is 124 cm³/mol. The Balaban J connectivity index is 1.72. The van der Waals surface area contributed by atoms with Gasteiger partial charge in [0.15, 0.2) is 11.4 Å². The number of ether oxygens (including phenoxy) is 3. The first-order valence-corrected chi connectivity index (χ1v) is 12.0. The molecule has 1 atom stereocenters. The molecule has 1 saturated heterocycles. The zero-order chi connectivity index (χ0) is 24.1. The summed E-state index contributed by atoms with van der Waals surface area (Å²) in [7, 11) is -2.45. The number of anilines is 2. The summed E-state index contributed by atoms with van der Waals surface area (Å²) < 4.78 is 41.8. The van der Waals surface area contributed by atoms with Crippen LogP contribution in [0.25, 0.3) is 0 Å². The second-order valence-corrected chi connectivity index (χ2v) is 9.97. The highest BCUT2D eigenvalue weighted by Gasteiger charge is 2.52. The lowest BCUT2D eigenvalue weighted by atomic mass is 10.0. The van der Waals surface area contributed by atoms with E-state index in [1.54, 1.807) is 55.5 Å². The van der Waals surface area contributed by atoms with Crippen LogP contribution < -0.4 is 19.1 Å². The highest BCUT2D eigenvalue weighted by molar-refractivity contribution is 7.95. The van der Waals surface area contributed by atoms with Gasteiger partial charge in [-0.05, 0) is 75.2 Å². The SMILES string of the molecule is CCOC(=O)COc1ccc(NC(=O)[C@]2(C)CCCN(c3ccc(OC)cc3)S2(=O)=O)cc1. The van der Waals surface area contributed by atoms with Crippen LogP contribution in [0.3, 0.4) is 0 Å². The van der Waals surface area contributed by atoms with Gasteiger partial charge in [0.25, 0.3) is 0 Å². The Bertz CT molecular complexity index is 1080. The van der Waals surface area contributed by atoms with Crippen molar-refractivity contribution in [3.63, 3.8) is 0 Å². The fraction of sp³-hybridized carbons (Fsp3) is 0.391. The highest BCUT2D eigenvalue weighted by Crippen LogP contribution is 2.36. The number of sulfonamides is 1. The van der Waals surface area contributed by atoms with Crippen LogP contribution in [0.4, 0.5) is 11.4 Å². The first-order chi connectivity index (χ1) is 15.7. The molecule has 9 nitrogen and oxygen atoms in total. The minimum atomic E-state index is -3.98. The van der Waals surface area contributed by atoms with Gasteiger partial charge in [0.2, 0.25) is 15.9 Å². The summed E-state index contributed by atoms with van der Waals surface area (Å²) in [4.78, 5) is 24.5. The number of methoxy groups -OCH3 is 1. The van der Waals surface area contributed by atoms with Gasteiger partial charge in [0, 0.05) is 12.2 Å². The van der Waals surface area contributed by atoms with E-state index in [9.17, 15) is 18.0 Å². The Hall–Kier alpha value is -3.27. The molecule has 1 amide bonds. The standard InChI is InChI=1S/C23H28N2O7S/c1-4-31-21(26)16-32-20-10-6-17(7-11-20)24-22(27)23(2)14-5-15-25(33(23,28)29)18-8-12-19(30-3)13-9-18/h6-13H,4-5,14-16H2,1-3H3,(H,24,27)/t23-/m0/s1. The van der Waals surface area contributed by atoms with Crippen LogP contribution in [0.2, 0.25) is 0 Å². The largest absolute Gasteiger partial charge is 0.497 e. The van der Waals surface area contributed by atoms with E-state index in [-0.39, 0.29) is 19.6 Å². The fourth-order valence-electron chi connectivity index (χ4n) is 3.54. The summed E-state index contributed by atoms with van der Waals surface area (Å²) in [6.45, 7) is 3.49. The van der Waals surface area contributed by atoms with E-state index in [4.69, 9.17) is 14.2 Å². The van der Waals surface area contributed by atoms with E-state index < -0.39 is 26.6 Å². The van der Waals surface area contributed by atoms with E-state index in [1.165, 1.54) is 18.3 Å². The maximum absolute atomic E-state index is 13.4. The van der Waals surface area contributed by atoms with Gasteiger partial charge in [0.1, 0.15) is 11.5 Å². The topological polar surface area (TPSA) is 111 Å². The molecule has 0 aliphatic carbocycles. The average Bonchev–Trinajstić information content (AvgIpc) is 2.80. The van der Waals surface area contributed by atoms with Crippen LogP contribution in [-0.2, 0) is 24.3 Å². The maximum atomic E-state index is 13.4. The van der Waals surface area contributed by atoms with E-state index in [0.717, 1.165) is 0 Å². The van der Waals surface area contributed by atoms with Crippen molar-refractivity contribution in [2.75, 3.05) is 36.5 Å². The average molecular weight is 477 g/mol. The normalized spacial score (nSPS) is 19.4. The molecule has 178 valence electrons. The van der Waals surface area contributed by atoms with Gasteiger partial charge in [-0.2, -0.15) is 0 Å². The molecule has 1 fully saturated rings. The number of carbonyl (C=O) groups excluding carboxylic acids is 2. The second kappa shape index (κ2) is 10.1. The summed E-state index contributed by atoms with van der Waals surface area (Å²) in [6, 6.07) is 13.0. The zero-order valence-electron chi connectivity index (χ0n) is 18.9. The molecular weight excluding hydrogens is 448 g/mol. The monoisotopic (exact) mass is 476 g/mol. The molecule has 3 rings (SSSR count). The Morgan fingerprint density at radius 1 is 1.06 bits per heavy atom. The zero-order valence-corrected chi connectivity index (χ0v) is 19.7. The number of amides is 1. The molecular formula is C23H28N2O7S. The van der Waals surface area contributed by atoms with Crippen LogP contribution in [0.5, 0.6) is 11.5 Å². The van der Waals surface area contributed by atoms with Gasteiger partial charge in [-0.25, -0.2) is 13.2 Å². The molecule has 0 aromatic heterocycles. The van der Waals surface area contributed by atoms with Crippen LogP contribution in [0.1, 0.15) is 26.7 Å². The van der Waals surface area contributed by atoms with Crippen molar-refractivity contribution in [3.8, 4) is 11.5 Å². The van der Waals surface area contributed by atoms with Gasteiger partial charge >= 0.3 is 5.97 Å². The number of esters is 1. The number of rotatable bonds is 8. The minimum absolute atomic E-state index is 0.203. The molecule has 2 aromatic carbocycles. The lowest BCUT2D eigenvalue weighted by Crippen LogP contribution is -2.57. The van der Waals surface area contributed by atoms with Gasteiger partial charge in [0.05, 0.1) is 19.4 Å². The highest BCUT2D eigenvalue weighted by atomic mass is 32.2. The maximum Gasteiger partial charge on any atom is 0.344 e. The molecule has 1 N–H and O–H groups in total. The first-order valence-electron chi connectivity index (χ1n) is 10.6. The summed E-state index contributed by atoms with van der Waals surface area (Å²) >= 11 is 0. The lowest BCUT2D eigenvalue weighted by Gasteiger charge is -2.39. The number of carbonyl (C=O) groups is 2. The number of hydrogen-bond donors (Lipinski definition) is 1. The second-order valence-electron chi connectivity index (χ2n) is 7.68. The number of hydrogen-bond acceptors (Lipinski definition) is 7. The Morgan fingerprint density at radius 3 is 2.30 bits per heavy atom. The number of nitrogens with one attached hydrogen (secondary N) is 1. The number of nitrogens with zero attached hydrogens (tertiary/aromatic N) is 1.